The van der Waals surface area contributed by atoms with Gasteiger partial charge in [0.05, 0.1) is 17.6 Å². The van der Waals surface area contributed by atoms with Crippen LogP contribution >= 0.6 is 27.7 Å². The lowest BCUT2D eigenvalue weighted by Crippen LogP contribution is -2.14. The molecule has 3 aromatic rings. The first kappa shape index (κ1) is 15.8. The van der Waals surface area contributed by atoms with Crippen LogP contribution in [-0.4, -0.2) is 26.2 Å². The van der Waals surface area contributed by atoms with Gasteiger partial charge in [-0.25, -0.2) is 4.98 Å². The van der Waals surface area contributed by atoms with Crippen molar-refractivity contribution in [2.45, 2.75) is 5.16 Å². The van der Waals surface area contributed by atoms with Crippen molar-refractivity contribution in [2.24, 2.45) is 0 Å². The zero-order valence-electron chi connectivity index (χ0n) is 12.0. The van der Waals surface area contributed by atoms with Gasteiger partial charge in [-0.2, -0.15) is 0 Å². The summed E-state index contributed by atoms with van der Waals surface area (Å²) in [5.41, 5.74) is 1.69. The number of carbonyl (C=O) groups excluding carboxylic acids is 1. The molecule has 0 saturated heterocycles. The first-order chi connectivity index (χ1) is 11.2. The summed E-state index contributed by atoms with van der Waals surface area (Å²) in [5.74, 6) is 0.191. The summed E-state index contributed by atoms with van der Waals surface area (Å²) in [6.07, 6.45) is 6.89. The van der Waals surface area contributed by atoms with E-state index >= 15 is 0 Å². The topological polar surface area (TPSA) is 59.8 Å². The van der Waals surface area contributed by atoms with Crippen molar-refractivity contribution in [3.8, 4) is 5.69 Å². The average molecular weight is 389 g/mol. The van der Waals surface area contributed by atoms with E-state index in [1.165, 1.54) is 11.8 Å². The van der Waals surface area contributed by atoms with Crippen molar-refractivity contribution in [3.63, 3.8) is 0 Å². The molecule has 2 heterocycles. The van der Waals surface area contributed by atoms with Crippen molar-refractivity contribution in [1.82, 2.24) is 14.5 Å². The molecule has 0 spiro atoms. The van der Waals surface area contributed by atoms with Gasteiger partial charge in [0.25, 0.3) is 0 Å². The molecule has 3 rings (SSSR count). The van der Waals surface area contributed by atoms with Crippen LogP contribution in [0.3, 0.4) is 0 Å². The molecular formula is C16H13BrN4OS. The minimum atomic E-state index is -0.0895. The van der Waals surface area contributed by atoms with Crippen molar-refractivity contribution in [3.05, 3.63) is 65.7 Å². The fourth-order valence-corrected chi connectivity index (χ4v) is 3.00. The summed E-state index contributed by atoms with van der Waals surface area (Å²) in [6, 6.07) is 11.5. The number of rotatable bonds is 5. The van der Waals surface area contributed by atoms with Gasteiger partial charge < -0.3 is 5.32 Å². The zero-order chi connectivity index (χ0) is 16.1. The molecule has 23 heavy (non-hydrogen) atoms. The molecule has 7 heteroatoms. The second-order valence-electron chi connectivity index (χ2n) is 4.63. The molecule has 0 saturated carbocycles. The fourth-order valence-electron chi connectivity index (χ4n) is 1.96. The molecule has 0 aliphatic rings. The summed E-state index contributed by atoms with van der Waals surface area (Å²) >= 11 is 4.81. The molecule has 0 unspecified atom stereocenters. The van der Waals surface area contributed by atoms with Crippen molar-refractivity contribution in [1.29, 1.82) is 0 Å². The van der Waals surface area contributed by atoms with Crippen molar-refractivity contribution >= 4 is 39.3 Å². The Kier molecular flexibility index (Phi) is 5.09. The molecule has 116 valence electrons. The van der Waals surface area contributed by atoms with Crippen molar-refractivity contribution in [2.75, 3.05) is 11.1 Å². The number of nitrogens with zero attached hydrogens (tertiary/aromatic N) is 3. The Morgan fingerprint density at radius 3 is 2.78 bits per heavy atom. The summed E-state index contributed by atoms with van der Waals surface area (Å²) in [7, 11) is 0. The number of halogens is 1. The molecule has 0 atom stereocenters. The second-order valence-corrected chi connectivity index (χ2v) is 6.49. The van der Waals surface area contributed by atoms with Gasteiger partial charge in [-0.3, -0.25) is 14.3 Å². The highest BCUT2D eigenvalue weighted by atomic mass is 79.9. The normalized spacial score (nSPS) is 10.5. The monoisotopic (exact) mass is 388 g/mol. The average Bonchev–Trinajstić information content (AvgIpc) is 3.03. The molecule has 0 radical (unpaired) electrons. The third-order valence-corrected chi connectivity index (χ3v) is 4.48. The molecule has 2 aromatic heterocycles. The number of amides is 1. The Labute approximate surface area is 146 Å². The third-order valence-electron chi connectivity index (χ3n) is 2.99. The highest BCUT2D eigenvalue weighted by Crippen LogP contribution is 2.22. The Balaban J connectivity index is 1.64. The van der Waals surface area contributed by atoms with Crippen LogP contribution in [0, 0.1) is 0 Å². The van der Waals surface area contributed by atoms with Crippen molar-refractivity contribution < 1.29 is 4.79 Å². The standard InChI is InChI=1S/C16H13BrN4OS/c17-12-3-5-14(6-4-12)21-9-8-19-16(21)23-11-15(22)20-13-2-1-7-18-10-13/h1-10H,11H2,(H,20,22). The van der Waals surface area contributed by atoms with E-state index in [0.29, 0.717) is 5.69 Å². The van der Waals surface area contributed by atoms with Gasteiger partial charge in [0.1, 0.15) is 0 Å². The SMILES string of the molecule is O=C(CSc1nccn1-c1ccc(Br)cc1)Nc1cccnc1. The predicted molar refractivity (Wildman–Crippen MR) is 94.9 cm³/mol. The minimum absolute atomic E-state index is 0.0895. The van der Waals surface area contributed by atoms with Crippen LogP contribution in [0.5, 0.6) is 0 Å². The van der Waals surface area contributed by atoms with Crippen LogP contribution in [0.4, 0.5) is 5.69 Å². The Morgan fingerprint density at radius 2 is 2.04 bits per heavy atom. The second kappa shape index (κ2) is 7.43. The maximum absolute atomic E-state index is 12.0. The first-order valence-corrected chi connectivity index (χ1v) is 8.62. The van der Waals surface area contributed by atoms with Gasteiger partial charge in [0, 0.05) is 28.8 Å². The van der Waals surface area contributed by atoms with Crippen LogP contribution < -0.4 is 5.32 Å². The molecule has 0 bridgehead atoms. The number of thioether (sulfide) groups is 1. The Morgan fingerprint density at radius 1 is 1.22 bits per heavy atom. The highest BCUT2D eigenvalue weighted by molar-refractivity contribution is 9.10. The minimum Gasteiger partial charge on any atom is -0.324 e. The summed E-state index contributed by atoms with van der Waals surface area (Å²) in [4.78, 5) is 20.3. The molecule has 0 fully saturated rings. The summed E-state index contributed by atoms with van der Waals surface area (Å²) in [6.45, 7) is 0. The summed E-state index contributed by atoms with van der Waals surface area (Å²) in [5, 5.41) is 3.58. The van der Waals surface area contributed by atoms with E-state index in [1.807, 2.05) is 35.0 Å². The predicted octanol–water partition coefficient (Wildman–Crippen LogP) is 3.76. The van der Waals surface area contributed by atoms with E-state index in [2.05, 4.69) is 31.2 Å². The van der Waals surface area contributed by atoms with E-state index < -0.39 is 0 Å². The number of hydrogen-bond donors (Lipinski definition) is 1. The van der Waals surface area contributed by atoms with Crippen LogP contribution in [0.25, 0.3) is 5.69 Å². The number of benzene rings is 1. The number of nitrogens with one attached hydrogen (secondary N) is 1. The number of carbonyl (C=O) groups is 1. The van der Waals surface area contributed by atoms with Crippen LogP contribution in [0.1, 0.15) is 0 Å². The maximum atomic E-state index is 12.0. The molecule has 0 aliphatic heterocycles. The first-order valence-electron chi connectivity index (χ1n) is 6.84. The zero-order valence-corrected chi connectivity index (χ0v) is 14.4. The smallest absolute Gasteiger partial charge is 0.234 e. The van der Waals surface area contributed by atoms with Gasteiger partial charge >= 0.3 is 0 Å². The molecule has 0 aliphatic carbocycles. The van der Waals surface area contributed by atoms with Gasteiger partial charge in [-0.15, -0.1) is 0 Å². The van der Waals surface area contributed by atoms with Gasteiger partial charge in [-0.1, -0.05) is 27.7 Å². The van der Waals surface area contributed by atoms with Crippen LogP contribution in [-0.2, 0) is 4.79 Å². The van der Waals surface area contributed by atoms with Crippen LogP contribution in [0.2, 0.25) is 0 Å². The van der Waals surface area contributed by atoms with E-state index in [1.54, 1.807) is 30.7 Å². The van der Waals surface area contributed by atoms with E-state index in [4.69, 9.17) is 0 Å². The largest absolute Gasteiger partial charge is 0.324 e. The molecule has 5 nitrogen and oxygen atoms in total. The van der Waals surface area contributed by atoms with E-state index in [9.17, 15) is 4.79 Å². The van der Waals surface area contributed by atoms with Gasteiger partial charge in [0.2, 0.25) is 5.91 Å². The quantitative estimate of drug-likeness (QED) is 0.675. The Hall–Kier alpha value is -2.12. The maximum Gasteiger partial charge on any atom is 0.234 e. The molecule has 1 N–H and O–H groups in total. The summed E-state index contributed by atoms with van der Waals surface area (Å²) < 4.78 is 2.97. The number of anilines is 1. The lowest BCUT2D eigenvalue weighted by atomic mass is 10.3. The van der Waals surface area contributed by atoms with Crippen LogP contribution in [0.15, 0.2) is 70.8 Å². The molecule has 1 aromatic carbocycles. The number of imidazole rings is 1. The van der Waals surface area contributed by atoms with E-state index in [0.717, 1.165) is 15.3 Å². The van der Waals surface area contributed by atoms with Gasteiger partial charge in [0.15, 0.2) is 5.16 Å². The number of aromatic nitrogens is 3. The third kappa shape index (κ3) is 4.20. The lowest BCUT2D eigenvalue weighted by Gasteiger charge is -2.08. The lowest BCUT2D eigenvalue weighted by molar-refractivity contribution is -0.113. The molecule has 1 amide bonds. The Bertz CT molecular complexity index is 789. The molecular weight excluding hydrogens is 376 g/mol. The van der Waals surface area contributed by atoms with E-state index in [-0.39, 0.29) is 11.7 Å². The highest BCUT2D eigenvalue weighted by Gasteiger charge is 2.09. The number of hydrogen-bond acceptors (Lipinski definition) is 4. The fraction of sp³-hybridized carbons (Fsp3) is 0.0625. The van der Waals surface area contributed by atoms with Gasteiger partial charge in [-0.05, 0) is 36.4 Å². The number of pyridine rings is 1.